The summed E-state index contributed by atoms with van der Waals surface area (Å²) in [6.45, 7) is 12.3. The third kappa shape index (κ3) is 4.83. The normalized spacial score (nSPS) is 14.0. The number of nitrogens with one attached hydrogen (secondary N) is 1. The van der Waals surface area contributed by atoms with Crippen LogP contribution in [0.15, 0.2) is 30.5 Å². The van der Waals surface area contributed by atoms with Crippen LogP contribution < -0.4 is 11.1 Å². The molecule has 0 aliphatic carbocycles. The highest BCUT2D eigenvalue weighted by Crippen LogP contribution is 2.22. The molecule has 2 aromatic rings. The first-order valence-electron chi connectivity index (χ1n) is 9.32. The Morgan fingerprint density at radius 2 is 1.96 bits per heavy atom. The lowest BCUT2D eigenvalue weighted by atomic mass is 9.96. The van der Waals surface area contributed by atoms with E-state index < -0.39 is 5.54 Å². The molecule has 0 bridgehead atoms. The topological polar surface area (TPSA) is 63.3 Å². The van der Waals surface area contributed by atoms with Crippen molar-refractivity contribution in [2.24, 2.45) is 5.73 Å². The molecule has 1 aromatic heterocycles. The molecule has 1 atom stereocenters. The van der Waals surface area contributed by atoms with Crippen LogP contribution in [0.5, 0.6) is 0 Å². The SMILES string of the molecule is CCCC(C)(N)C(=O)Nc1ccc2c(ccn2CCN(CC)CC)c1. The van der Waals surface area contributed by atoms with Crippen molar-refractivity contribution in [3.63, 3.8) is 0 Å². The van der Waals surface area contributed by atoms with E-state index in [0.29, 0.717) is 6.42 Å². The lowest BCUT2D eigenvalue weighted by molar-refractivity contribution is -0.120. The maximum absolute atomic E-state index is 12.4. The van der Waals surface area contributed by atoms with Gasteiger partial charge in [0.15, 0.2) is 0 Å². The van der Waals surface area contributed by atoms with Gasteiger partial charge in [-0.15, -0.1) is 0 Å². The first-order valence-corrected chi connectivity index (χ1v) is 9.32. The van der Waals surface area contributed by atoms with Gasteiger partial charge in [-0.1, -0.05) is 27.2 Å². The van der Waals surface area contributed by atoms with Gasteiger partial charge in [0.25, 0.3) is 0 Å². The average Bonchev–Trinajstić information content (AvgIpc) is 2.98. The summed E-state index contributed by atoms with van der Waals surface area (Å²) in [6.07, 6.45) is 3.67. The maximum atomic E-state index is 12.4. The molecule has 1 amide bonds. The highest BCUT2D eigenvalue weighted by Gasteiger charge is 2.27. The third-order valence-corrected chi connectivity index (χ3v) is 4.87. The van der Waals surface area contributed by atoms with Gasteiger partial charge in [-0.25, -0.2) is 0 Å². The second-order valence-corrected chi connectivity index (χ2v) is 6.93. The second kappa shape index (κ2) is 8.50. The lowest BCUT2D eigenvalue weighted by Crippen LogP contribution is -2.48. The number of fused-ring (bicyclic) bond motifs is 1. The minimum absolute atomic E-state index is 0.130. The van der Waals surface area contributed by atoms with Gasteiger partial charge >= 0.3 is 0 Å². The molecular weight excluding hydrogens is 312 g/mol. The van der Waals surface area contributed by atoms with Crippen molar-refractivity contribution >= 4 is 22.5 Å². The fraction of sp³-hybridized carbons (Fsp3) is 0.550. The Bertz CT molecular complexity index is 701. The Morgan fingerprint density at radius 3 is 2.60 bits per heavy atom. The fourth-order valence-electron chi connectivity index (χ4n) is 3.17. The molecule has 1 heterocycles. The van der Waals surface area contributed by atoms with Crippen LogP contribution in [0.3, 0.4) is 0 Å². The van der Waals surface area contributed by atoms with E-state index in [-0.39, 0.29) is 5.91 Å². The van der Waals surface area contributed by atoms with Crippen molar-refractivity contribution < 1.29 is 4.79 Å². The van der Waals surface area contributed by atoms with Gasteiger partial charge in [0, 0.05) is 35.9 Å². The molecule has 1 unspecified atom stereocenters. The second-order valence-electron chi connectivity index (χ2n) is 6.93. The van der Waals surface area contributed by atoms with E-state index in [9.17, 15) is 4.79 Å². The van der Waals surface area contributed by atoms with E-state index >= 15 is 0 Å². The molecule has 0 aliphatic heterocycles. The zero-order valence-electron chi connectivity index (χ0n) is 16.0. The quantitative estimate of drug-likeness (QED) is 0.732. The Morgan fingerprint density at radius 1 is 1.24 bits per heavy atom. The monoisotopic (exact) mass is 344 g/mol. The van der Waals surface area contributed by atoms with E-state index in [4.69, 9.17) is 5.73 Å². The van der Waals surface area contributed by atoms with Crippen LogP contribution in [-0.4, -0.2) is 40.5 Å². The van der Waals surface area contributed by atoms with Crippen LogP contribution in [0.4, 0.5) is 5.69 Å². The lowest BCUT2D eigenvalue weighted by Gasteiger charge is -2.23. The number of hydrogen-bond donors (Lipinski definition) is 2. The number of carbonyl (C=O) groups excluding carboxylic acids is 1. The minimum atomic E-state index is -0.834. The molecular formula is C20H32N4O. The number of hydrogen-bond acceptors (Lipinski definition) is 3. The van der Waals surface area contributed by atoms with Crippen LogP contribution in [0.1, 0.15) is 40.5 Å². The number of likely N-dealkylation sites (N-methyl/N-ethyl adjacent to an activating group) is 1. The van der Waals surface area contributed by atoms with E-state index in [1.54, 1.807) is 6.92 Å². The largest absolute Gasteiger partial charge is 0.346 e. The summed E-state index contributed by atoms with van der Waals surface area (Å²) in [5.74, 6) is -0.130. The highest BCUT2D eigenvalue weighted by molar-refractivity contribution is 5.99. The fourth-order valence-corrected chi connectivity index (χ4v) is 3.17. The molecule has 0 fully saturated rings. The van der Waals surface area contributed by atoms with Gasteiger partial charge in [0.05, 0.1) is 5.54 Å². The molecule has 0 spiro atoms. The van der Waals surface area contributed by atoms with Crippen molar-refractivity contribution in [3.8, 4) is 0 Å². The van der Waals surface area contributed by atoms with Gasteiger partial charge < -0.3 is 20.5 Å². The van der Waals surface area contributed by atoms with Crippen LogP contribution in [0, 0.1) is 0 Å². The summed E-state index contributed by atoms with van der Waals surface area (Å²) in [5.41, 5.74) is 7.26. The maximum Gasteiger partial charge on any atom is 0.244 e. The molecule has 0 saturated heterocycles. The van der Waals surface area contributed by atoms with E-state index in [1.807, 2.05) is 19.1 Å². The molecule has 5 heteroatoms. The summed E-state index contributed by atoms with van der Waals surface area (Å²) in [5, 5.41) is 4.09. The number of carbonyl (C=O) groups is 1. The summed E-state index contributed by atoms with van der Waals surface area (Å²) in [7, 11) is 0. The number of amides is 1. The molecule has 138 valence electrons. The average molecular weight is 345 g/mol. The van der Waals surface area contributed by atoms with E-state index in [1.165, 1.54) is 5.52 Å². The minimum Gasteiger partial charge on any atom is -0.346 e. The summed E-state index contributed by atoms with van der Waals surface area (Å²) in [6, 6.07) is 8.14. The summed E-state index contributed by atoms with van der Waals surface area (Å²) < 4.78 is 2.27. The van der Waals surface area contributed by atoms with E-state index in [0.717, 1.165) is 43.7 Å². The summed E-state index contributed by atoms with van der Waals surface area (Å²) >= 11 is 0. The Hall–Kier alpha value is -1.85. The number of nitrogens with two attached hydrogens (primary N) is 1. The zero-order valence-corrected chi connectivity index (χ0v) is 16.0. The van der Waals surface area contributed by atoms with Crippen LogP contribution in [-0.2, 0) is 11.3 Å². The molecule has 5 nitrogen and oxygen atoms in total. The molecule has 0 saturated carbocycles. The standard InChI is InChI=1S/C20H32N4O/c1-5-11-20(4,21)19(25)22-17-8-9-18-16(15-17)10-12-24(18)14-13-23(6-2)7-3/h8-10,12,15H,5-7,11,13-14,21H2,1-4H3,(H,22,25). The molecule has 0 aliphatic rings. The van der Waals surface area contributed by atoms with Crippen LogP contribution in [0.2, 0.25) is 0 Å². The third-order valence-electron chi connectivity index (χ3n) is 4.87. The smallest absolute Gasteiger partial charge is 0.244 e. The molecule has 25 heavy (non-hydrogen) atoms. The van der Waals surface area contributed by atoms with Gasteiger partial charge in [-0.2, -0.15) is 0 Å². The number of rotatable bonds is 9. The van der Waals surface area contributed by atoms with Crippen molar-refractivity contribution in [2.45, 2.75) is 52.6 Å². The molecule has 2 rings (SSSR count). The van der Waals surface area contributed by atoms with Crippen LogP contribution >= 0.6 is 0 Å². The van der Waals surface area contributed by atoms with Gasteiger partial charge in [-0.05, 0) is 50.7 Å². The zero-order chi connectivity index (χ0) is 18.4. The Balaban J connectivity index is 2.10. The first kappa shape index (κ1) is 19.5. The highest BCUT2D eigenvalue weighted by atomic mass is 16.2. The van der Waals surface area contributed by atoms with Crippen molar-refractivity contribution in [3.05, 3.63) is 30.5 Å². The number of aromatic nitrogens is 1. The number of benzene rings is 1. The van der Waals surface area contributed by atoms with E-state index in [2.05, 4.69) is 47.0 Å². The number of anilines is 1. The van der Waals surface area contributed by atoms with Crippen molar-refractivity contribution in [1.82, 2.24) is 9.47 Å². The molecule has 3 N–H and O–H groups in total. The van der Waals surface area contributed by atoms with Crippen molar-refractivity contribution in [1.29, 1.82) is 0 Å². The Labute approximate surface area is 151 Å². The summed E-state index contributed by atoms with van der Waals surface area (Å²) in [4.78, 5) is 14.8. The first-order chi connectivity index (χ1) is 11.9. The Kier molecular flexibility index (Phi) is 6.62. The van der Waals surface area contributed by atoms with Crippen molar-refractivity contribution in [2.75, 3.05) is 25.0 Å². The van der Waals surface area contributed by atoms with Gasteiger partial charge in [0.1, 0.15) is 0 Å². The van der Waals surface area contributed by atoms with Gasteiger partial charge in [-0.3, -0.25) is 4.79 Å². The molecule has 0 radical (unpaired) electrons. The predicted molar refractivity (Wildman–Crippen MR) is 106 cm³/mol. The van der Waals surface area contributed by atoms with Gasteiger partial charge in [0.2, 0.25) is 5.91 Å². The number of nitrogens with zero attached hydrogens (tertiary/aromatic N) is 2. The molecule has 1 aromatic carbocycles. The predicted octanol–water partition coefficient (Wildman–Crippen LogP) is 3.44. The van der Waals surface area contributed by atoms with Crippen LogP contribution in [0.25, 0.3) is 10.9 Å².